The van der Waals surface area contributed by atoms with Gasteiger partial charge >= 0.3 is 0 Å². The van der Waals surface area contributed by atoms with Crippen LogP contribution in [0.2, 0.25) is 0 Å². The quantitative estimate of drug-likeness (QED) is 0.764. The summed E-state index contributed by atoms with van der Waals surface area (Å²) in [4.78, 5) is 15.3. The van der Waals surface area contributed by atoms with Gasteiger partial charge in [0.05, 0.1) is 12.3 Å². The maximum Gasteiger partial charge on any atom is 0.274 e. The summed E-state index contributed by atoms with van der Waals surface area (Å²) in [6.45, 7) is 4.14. The first-order valence-corrected chi connectivity index (χ1v) is 4.36. The summed E-state index contributed by atoms with van der Waals surface area (Å²) >= 11 is 1.18. The van der Waals surface area contributed by atoms with Gasteiger partial charge in [0.2, 0.25) is 0 Å². The van der Waals surface area contributed by atoms with Gasteiger partial charge in [-0.15, -0.1) is 0 Å². The van der Waals surface area contributed by atoms with E-state index in [1.807, 2.05) is 6.92 Å². The Morgan fingerprint density at radius 1 is 1.75 bits per heavy atom. The number of nitrogens with two attached hydrogens (primary N) is 1. The second-order valence-corrected chi connectivity index (χ2v) is 3.15. The number of rotatable bonds is 3. The van der Waals surface area contributed by atoms with Crippen LogP contribution in [-0.2, 0) is 0 Å². The Bertz CT molecular complexity index is 296. The molecule has 1 rings (SSSR count). The molecule has 0 saturated heterocycles. The number of amides is 1. The Kier molecular flexibility index (Phi) is 2.65. The molecular weight excluding hydrogens is 176 g/mol. The van der Waals surface area contributed by atoms with Crippen LogP contribution in [0.3, 0.4) is 0 Å². The van der Waals surface area contributed by atoms with Crippen LogP contribution in [0.5, 0.6) is 5.19 Å². The van der Waals surface area contributed by atoms with Crippen LogP contribution in [-0.4, -0.2) is 17.5 Å². The molecule has 0 spiro atoms. The van der Waals surface area contributed by atoms with E-state index in [-0.39, 0.29) is 0 Å². The number of primary amides is 1. The second-order valence-electron chi connectivity index (χ2n) is 2.19. The molecule has 0 aliphatic carbocycles. The minimum absolute atomic E-state index is 0.448. The van der Waals surface area contributed by atoms with Crippen LogP contribution < -0.4 is 10.5 Å². The van der Waals surface area contributed by atoms with Crippen LogP contribution in [0.25, 0.3) is 0 Å². The van der Waals surface area contributed by atoms with Crippen molar-refractivity contribution in [1.29, 1.82) is 0 Å². The molecule has 2 N–H and O–H groups in total. The van der Waals surface area contributed by atoms with Gasteiger partial charge in [-0.3, -0.25) is 4.79 Å². The lowest BCUT2D eigenvalue weighted by molar-refractivity contribution is 0.100. The molecule has 0 unspecified atom stereocenters. The summed E-state index contributed by atoms with van der Waals surface area (Å²) in [5, 5.41) is 0.504. The molecule has 1 aromatic rings. The molecule has 12 heavy (non-hydrogen) atoms. The molecule has 0 bridgehead atoms. The van der Waals surface area contributed by atoms with Gasteiger partial charge in [0, 0.05) is 0 Å². The fourth-order valence-corrected chi connectivity index (χ4v) is 1.61. The normalized spacial score (nSPS) is 9.83. The van der Waals surface area contributed by atoms with Gasteiger partial charge in [-0.2, -0.15) is 0 Å². The zero-order valence-electron chi connectivity index (χ0n) is 6.96. The first-order chi connectivity index (χ1) is 5.65. The number of aryl methyl sites for hydroxylation is 1. The smallest absolute Gasteiger partial charge is 0.274 e. The number of ether oxygens (including phenoxy) is 1. The number of nitrogens with zero attached hydrogens (tertiary/aromatic N) is 1. The predicted molar refractivity (Wildman–Crippen MR) is 46.5 cm³/mol. The van der Waals surface area contributed by atoms with Gasteiger partial charge in [-0.1, -0.05) is 11.3 Å². The summed E-state index contributed by atoms with van der Waals surface area (Å²) in [5.41, 5.74) is 5.74. The third-order valence-electron chi connectivity index (χ3n) is 1.27. The lowest BCUT2D eigenvalue weighted by Crippen LogP contribution is -2.09. The summed E-state index contributed by atoms with van der Waals surface area (Å²) in [6.07, 6.45) is 0. The van der Waals surface area contributed by atoms with Crippen molar-refractivity contribution in [3.8, 4) is 5.19 Å². The number of hydrogen-bond acceptors (Lipinski definition) is 4. The largest absolute Gasteiger partial charge is 0.470 e. The molecule has 0 aromatic carbocycles. The van der Waals surface area contributed by atoms with Gasteiger partial charge in [0.1, 0.15) is 4.88 Å². The fraction of sp³-hybridized carbons (Fsp3) is 0.429. The highest BCUT2D eigenvalue weighted by Crippen LogP contribution is 2.23. The van der Waals surface area contributed by atoms with Crippen LogP contribution in [0, 0.1) is 6.92 Å². The topological polar surface area (TPSA) is 65.2 Å². The van der Waals surface area contributed by atoms with Crippen LogP contribution in [0.1, 0.15) is 22.3 Å². The van der Waals surface area contributed by atoms with E-state index in [4.69, 9.17) is 10.5 Å². The van der Waals surface area contributed by atoms with E-state index in [0.717, 1.165) is 0 Å². The van der Waals surface area contributed by atoms with Crippen molar-refractivity contribution in [3.63, 3.8) is 0 Å². The second kappa shape index (κ2) is 3.53. The SMILES string of the molecule is CCOc1nc(C)c(C(N)=O)s1. The molecule has 66 valence electrons. The molecule has 0 atom stereocenters. The number of carbonyl (C=O) groups excluding carboxylic acids is 1. The number of hydrogen-bond donors (Lipinski definition) is 1. The Labute approximate surface area is 74.4 Å². The first kappa shape index (κ1) is 8.99. The molecular formula is C7H10N2O2S. The van der Waals surface area contributed by atoms with E-state index in [1.54, 1.807) is 6.92 Å². The van der Waals surface area contributed by atoms with E-state index in [1.165, 1.54) is 11.3 Å². The summed E-state index contributed by atoms with van der Waals surface area (Å²) in [5.74, 6) is -0.448. The van der Waals surface area contributed by atoms with Crippen LogP contribution >= 0.6 is 11.3 Å². The zero-order chi connectivity index (χ0) is 9.14. The highest BCUT2D eigenvalue weighted by molar-refractivity contribution is 7.15. The van der Waals surface area contributed by atoms with Gasteiger partial charge in [0.15, 0.2) is 0 Å². The molecule has 0 saturated carbocycles. The third kappa shape index (κ3) is 1.73. The Morgan fingerprint density at radius 3 is 2.83 bits per heavy atom. The molecule has 0 radical (unpaired) electrons. The monoisotopic (exact) mass is 186 g/mol. The van der Waals surface area contributed by atoms with E-state index in [0.29, 0.717) is 22.4 Å². The average Bonchev–Trinajstić information content (AvgIpc) is 2.32. The van der Waals surface area contributed by atoms with E-state index in [2.05, 4.69) is 4.98 Å². The molecule has 5 heteroatoms. The van der Waals surface area contributed by atoms with Crippen LogP contribution in [0.15, 0.2) is 0 Å². The van der Waals surface area contributed by atoms with E-state index in [9.17, 15) is 4.79 Å². The van der Waals surface area contributed by atoms with Crippen molar-refractivity contribution >= 4 is 17.2 Å². The molecule has 1 amide bonds. The van der Waals surface area contributed by atoms with Crippen molar-refractivity contribution in [2.75, 3.05) is 6.61 Å². The Hall–Kier alpha value is -1.10. The average molecular weight is 186 g/mol. The van der Waals surface area contributed by atoms with E-state index < -0.39 is 5.91 Å². The molecule has 0 aliphatic rings. The van der Waals surface area contributed by atoms with Crippen LogP contribution in [0.4, 0.5) is 0 Å². The number of thiazole rings is 1. The molecule has 0 fully saturated rings. The summed E-state index contributed by atoms with van der Waals surface area (Å²) in [7, 11) is 0. The molecule has 4 nitrogen and oxygen atoms in total. The maximum absolute atomic E-state index is 10.8. The minimum atomic E-state index is -0.448. The highest BCUT2D eigenvalue weighted by atomic mass is 32.1. The molecule has 0 aliphatic heterocycles. The predicted octanol–water partition coefficient (Wildman–Crippen LogP) is 0.949. The highest BCUT2D eigenvalue weighted by Gasteiger charge is 2.12. The third-order valence-corrected chi connectivity index (χ3v) is 2.35. The van der Waals surface area contributed by atoms with Crippen molar-refractivity contribution in [2.45, 2.75) is 13.8 Å². The Morgan fingerprint density at radius 2 is 2.42 bits per heavy atom. The summed E-state index contributed by atoms with van der Waals surface area (Å²) < 4.78 is 5.12. The molecule has 1 heterocycles. The van der Waals surface area contributed by atoms with Crippen molar-refractivity contribution in [2.24, 2.45) is 5.73 Å². The number of carbonyl (C=O) groups is 1. The standard InChI is InChI=1S/C7H10N2O2S/c1-3-11-7-9-4(2)5(12-7)6(8)10/h3H2,1-2H3,(H2,8,10). The molecule has 1 aromatic heterocycles. The van der Waals surface area contributed by atoms with Crippen molar-refractivity contribution < 1.29 is 9.53 Å². The minimum Gasteiger partial charge on any atom is -0.470 e. The van der Waals surface area contributed by atoms with Gasteiger partial charge in [-0.25, -0.2) is 4.98 Å². The summed E-state index contributed by atoms with van der Waals surface area (Å²) in [6, 6.07) is 0. The first-order valence-electron chi connectivity index (χ1n) is 3.55. The van der Waals surface area contributed by atoms with Gasteiger partial charge in [0.25, 0.3) is 11.1 Å². The zero-order valence-corrected chi connectivity index (χ0v) is 7.77. The van der Waals surface area contributed by atoms with E-state index >= 15 is 0 Å². The lowest BCUT2D eigenvalue weighted by Gasteiger charge is -1.92. The van der Waals surface area contributed by atoms with Crippen molar-refractivity contribution in [3.05, 3.63) is 10.6 Å². The van der Waals surface area contributed by atoms with Crippen molar-refractivity contribution in [1.82, 2.24) is 4.98 Å². The lowest BCUT2D eigenvalue weighted by atomic mass is 10.4. The van der Waals surface area contributed by atoms with Gasteiger partial charge < -0.3 is 10.5 Å². The maximum atomic E-state index is 10.8. The Balaban J connectivity index is 2.92. The fourth-order valence-electron chi connectivity index (χ4n) is 0.785. The number of aromatic nitrogens is 1. The van der Waals surface area contributed by atoms with Gasteiger partial charge in [-0.05, 0) is 13.8 Å².